The fourth-order valence-electron chi connectivity index (χ4n) is 3.85. The summed E-state index contributed by atoms with van der Waals surface area (Å²) in [5.41, 5.74) is 3.40. The molecule has 14 nitrogen and oxygen atoms in total. The molecular weight excluding hydrogens is 551 g/mol. The molecular formula is C26H27N8O6P. The molecule has 0 radical (unpaired) electrons. The van der Waals surface area contributed by atoms with Crippen molar-refractivity contribution in [1.82, 2.24) is 29.5 Å². The quantitative estimate of drug-likeness (QED) is 0.190. The first kappa shape index (κ1) is 28.1. The molecule has 212 valence electrons. The van der Waals surface area contributed by atoms with E-state index in [-0.39, 0.29) is 13.2 Å². The summed E-state index contributed by atoms with van der Waals surface area (Å²) in [6.45, 7) is 4.94. The molecule has 41 heavy (non-hydrogen) atoms. The number of carbonyl (C=O) groups is 1. The van der Waals surface area contributed by atoms with Crippen LogP contribution >= 0.6 is 7.82 Å². The fraction of sp³-hybridized carbons (Fsp3) is 0.231. The van der Waals surface area contributed by atoms with Crippen LogP contribution in [-0.2, 0) is 22.9 Å². The van der Waals surface area contributed by atoms with Crippen molar-refractivity contribution in [2.24, 2.45) is 0 Å². The van der Waals surface area contributed by atoms with Gasteiger partial charge in [0.25, 0.3) is 5.91 Å². The van der Waals surface area contributed by atoms with Gasteiger partial charge in [0.2, 0.25) is 5.88 Å². The molecule has 2 N–H and O–H groups in total. The predicted octanol–water partition coefficient (Wildman–Crippen LogP) is 5.05. The summed E-state index contributed by atoms with van der Waals surface area (Å²) in [4.78, 5) is 25.5. The van der Waals surface area contributed by atoms with Gasteiger partial charge in [-0.3, -0.25) is 22.8 Å². The van der Waals surface area contributed by atoms with E-state index in [0.29, 0.717) is 39.7 Å². The molecule has 1 amide bonds. The lowest BCUT2D eigenvalue weighted by molar-refractivity contribution is -0.118. The van der Waals surface area contributed by atoms with Gasteiger partial charge in [-0.2, -0.15) is 0 Å². The lowest BCUT2D eigenvalue weighted by Crippen LogP contribution is -2.18. The Kier molecular flexibility index (Phi) is 8.45. The van der Waals surface area contributed by atoms with E-state index in [4.69, 9.17) is 18.3 Å². The second kappa shape index (κ2) is 12.4. The zero-order valence-electron chi connectivity index (χ0n) is 22.5. The Balaban J connectivity index is 1.29. The maximum Gasteiger partial charge on any atom is 0.475 e. The maximum absolute atomic E-state index is 12.5. The highest BCUT2D eigenvalue weighted by atomic mass is 31.2. The van der Waals surface area contributed by atoms with Gasteiger partial charge >= 0.3 is 7.82 Å². The zero-order chi connectivity index (χ0) is 28.8. The molecule has 3 heterocycles. The normalized spacial score (nSPS) is 11.6. The second-order valence-corrected chi connectivity index (χ2v) is 10.3. The van der Waals surface area contributed by atoms with Crippen molar-refractivity contribution in [3.63, 3.8) is 0 Å². The Morgan fingerprint density at radius 1 is 0.951 bits per heavy atom. The predicted molar refractivity (Wildman–Crippen MR) is 150 cm³/mol. The van der Waals surface area contributed by atoms with E-state index < -0.39 is 20.3 Å². The Bertz CT molecular complexity index is 1740. The van der Waals surface area contributed by atoms with Gasteiger partial charge in [-0.05, 0) is 62.7 Å². The van der Waals surface area contributed by atoms with E-state index in [2.05, 4.69) is 35.8 Å². The average Bonchev–Trinajstić information content (AvgIpc) is 3.42. The van der Waals surface area contributed by atoms with E-state index in [1.165, 1.54) is 6.33 Å². The molecule has 0 unspecified atom stereocenters. The maximum atomic E-state index is 12.5. The molecule has 0 aliphatic carbocycles. The van der Waals surface area contributed by atoms with E-state index in [1.807, 2.05) is 25.1 Å². The minimum absolute atomic E-state index is 0.117. The number of aromatic nitrogens is 6. The molecule has 2 aromatic carbocycles. The highest BCUT2D eigenvalue weighted by molar-refractivity contribution is 7.48. The lowest BCUT2D eigenvalue weighted by atomic mass is 10.1. The topological polar surface area (TPSA) is 164 Å². The summed E-state index contributed by atoms with van der Waals surface area (Å²) in [5.74, 6) is 1.03. The number of hydrogen-bond donors (Lipinski definition) is 2. The molecule has 0 aliphatic rings. The first-order valence-electron chi connectivity index (χ1n) is 12.6. The lowest BCUT2D eigenvalue weighted by Gasteiger charge is -2.16. The van der Waals surface area contributed by atoms with Crippen LogP contribution in [0.25, 0.3) is 16.6 Å². The highest BCUT2D eigenvalue weighted by Gasteiger charge is 2.26. The van der Waals surface area contributed by atoms with Crippen LogP contribution in [0.4, 0.5) is 17.2 Å². The third-order valence-electron chi connectivity index (χ3n) is 5.66. The molecule has 3 aromatic heterocycles. The number of phosphoric ester groups is 1. The molecule has 5 rings (SSSR count). The van der Waals surface area contributed by atoms with Crippen molar-refractivity contribution in [3.8, 4) is 11.6 Å². The van der Waals surface area contributed by atoms with Crippen LogP contribution in [-0.4, -0.2) is 55.3 Å². The average molecular weight is 579 g/mol. The summed E-state index contributed by atoms with van der Waals surface area (Å²) in [6, 6.07) is 12.5. The number of hydrogen-bond acceptors (Lipinski definition) is 12. The molecule has 0 bridgehead atoms. The molecule has 15 heteroatoms. The Hall–Kier alpha value is -4.49. The number of nitrogens with one attached hydrogen (secondary N) is 2. The second-order valence-electron chi connectivity index (χ2n) is 8.59. The summed E-state index contributed by atoms with van der Waals surface area (Å²) in [7, 11) is -3.81. The van der Waals surface area contributed by atoms with E-state index in [9.17, 15) is 9.36 Å². The third kappa shape index (κ3) is 6.81. The van der Waals surface area contributed by atoms with Crippen LogP contribution in [0, 0.1) is 6.92 Å². The van der Waals surface area contributed by atoms with Crippen molar-refractivity contribution in [1.29, 1.82) is 0 Å². The summed E-state index contributed by atoms with van der Waals surface area (Å²) < 4.78 is 35.3. The number of aryl methyl sites for hydroxylation is 1. The zero-order valence-corrected chi connectivity index (χ0v) is 23.4. The van der Waals surface area contributed by atoms with Crippen LogP contribution in [0.5, 0.6) is 11.6 Å². The fourth-order valence-corrected chi connectivity index (χ4v) is 4.99. The Morgan fingerprint density at radius 2 is 1.76 bits per heavy atom. The largest absolute Gasteiger partial charge is 0.475 e. The molecule has 0 aliphatic heterocycles. The standard InChI is InChI=1S/C26H27N8O6P/c1-4-37-41(36,38-5-2)39-13-24(35)31-19-6-8-21-20(11-19)26(28-14-27-21)32-18-7-9-22(17(3)10-18)40-25-12-23-33-30-16-34(23)15-29-25/h6-12,14-16H,4-5,13H2,1-3H3,(H,31,35)(H,27,28,32). The molecule has 0 spiro atoms. The molecule has 0 saturated carbocycles. The van der Waals surface area contributed by atoms with Crippen LogP contribution in [0.15, 0.2) is 61.4 Å². The van der Waals surface area contributed by atoms with Crippen molar-refractivity contribution in [2.45, 2.75) is 20.8 Å². The number of amides is 1. The van der Waals surface area contributed by atoms with Crippen LogP contribution in [0.3, 0.4) is 0 Å². The Morgan fingerprint density at radius 3 is 2.54 bits per heavy atom. The summed E-state index contributed by atoms with van der Waals surface area (Å²) >= 11 is 0. The smallest absolute Gasteiger partial charge is 0.439 e. The number of benzene rings is 2. The molecule has 0 fully saturated rings. The van der Waals surface area contributed by atoms with Crippen molar-refractivity contribution in [2.75, 3.05) is 30.5 Å². The number of ether oxygens (including phenoxy) is 1. The van der Waals surface area contributed by atoms with E-state index in [0.717, 1.165) is 11.3 Å². The van der Waals surface area contributed by atoms with Gasteiger partial charge in [0.05, 0.1) is 18.7 Å². The SMILES string of the molecule is CCOP(=O)(OCC)OCC(=O)Nc1ccc2ncnc(Nc3ccc(Oc4cc5nncn5cn4)c(C)c3)c2c1. The van der Waals surface area contributed by atoms with Gasteiger partial charge in [-0.15, -0.1) is 10.2 Å². The minimum Gasteiger partial charge on any atom is -0.439 e. The first-order chi connectivity index (χ1) is 19.9. The van der Waals surface area contributed by atoms with Gasteiger partial charge in [-0.1, -0.05) is 0 Å². The van der Waals surface area contributed by atoms with E-state index >= 15 is 0 Å². The van der Waals surface area contributed by atoms with Crippen molar-refractivity contribution >= 4 is 47.5 Å². The van der Waals surface area contributed by atoms with Crippen molar-refractivity contribution < 1.29 is 27.7 Å². The summed E-state index contributed by atoms with van der Waals surface area (Å²) in [6.07, 6.45) is 4.60. The first-order valence-corrected chi connectivity index (χ1v) is 14.1. The number of phosphoric acid groups is 1. The number of anilines is 3. The van der Waals surface area contributed by atoms with Crippen LogP contribution in [0.1, 0.15) is 19.4 Å². The molecule has 5 aromatic rings. The van der Waals surface area contributed by atoms with Gasteiger partial charge in [0.1, 0.15) is 37.2 Å². The molecule has 0 atom stereocenters. The number of rotatable bonds is 12. The van der Waals surface area contributed by atoms with Gasteiger partial charge in [0, 0.05) is 22.8 Å². The number of carbonyl (C=O) groups excluding carboxylic acids is 1. The number of fused-ring (bicyclic) bond motifs is 2. The van der Waals surface area contributed by atoms with Gasteiger partial charge < -0.3 is 15.4 Å². The van der Waals surface area contributed by atoms with Gasteiger partial charge in [-0.25, -0.2) is 19.5 Å². The monoisotopic (exact) mass is 578 g/mol. The third-order valence-corrected chi connectivity index (χ3v) is 7.26. The van der Waals surface area contributed by atoms with E-state index in [1.54, 1.807) is 55.2 Å². The van der Waals surface area contributed by atoms with Crippen LogP contribution < -0.4 is 15.4 Å². The highest BCUT2D eigenvalue weighted by Crippen LogP contribution is 2.49. The van der Waals surface area contributed by atoms with Crippen molar-refractivity contribution in [3.05, 3.63) is 67.0 Å². The van der Waals surface area contributed by atoms with Gasteiger partial charge in [0.15, 0.2) is 5.65 Å². The molecule has 0 saturated heterocycles. The van der Waals surface area contributed by atoms with Crippen LogP contribution in [0.2, 0.25) is 0 Å². The summed E-state index contributed by atoms with van der Waals surface area (Å²) in [5, 5.41) is 14.5. The minimum atomic E-state index is -3.81. The Labute approximate surface area is 234 Å². The number of nitrogens with zero attached hydrogens (tertiary/aromatic N) is 6.